The van der Waals surface area contributed by atoms with Crippen LogP contribution < -0.4 is 15.8 Å². The first-order valence-electron chi connectivity index (χ1n) is 4.32. The smallest absolute Gasteiger partial charge is 0.238 e. The standard InChI is InChI=1S/C10H14N2O2/c1-7-5-8(12-10(13)6-11)3-4-9(7)14-2/h3-5H,6,11H2,1-2H3,(H,12,13). The maximum Gasteiger partial charge on any atom is 0.238 e. The molecular formula is C10H14N2O2. The summed E-state index contributed by atoms with van der Waals surface area (Å²) in [6, 6.07) is 5.42. The van der Waals surface area contributed by atoms with Crippen molar-refractivity contribution in [2.75, 3.05) is 19.0 Å². The monoisotopic (exact) mass is 194 g/mol. The van der Waals surface area contributed by atoms with Gasteiger partial charge in [-0.15, -0.1) is 0 Å². The Morgan fingerprint density at radius 2 is 2.29 bits per heavy atom. The molecule has 76 valence electrons. The first-order chi connectivity index (χ1) is 6.67. The Hall–Kier alpha value is -1.55. The molecule has 0 radical (unpaired) electrons. The van der Waals surface area contributed by atoms with Crippen LogP contribution in [0.1, 0.15) is 5.56 Å². The zero-order valence-corrected chi connectivity index (χ0v) is 8.33. The van der Waals surface area contributed by atoms with Crippen LogP contribution >= 0.6 is 0 Å². The van der Waals surface area contributed by atoms with Gasteiger partial charge in [0.15, 0.2) is 0 Å². The quantitative estimate of drug-likeness (QED) is 0.751. The number of hydrogen-bond acceptors (Lipinski definition) is 3. The third-order valence-corrected chi connectivity index (χ3v) is 1.86. The topological polar surface area (TPSA) is 64.3 Å². The minimum absolute atomic E-state index is 0.00885. The number of nitrogens with one attached hydrogen (secondary N) is 1. The molecule has 4 heteroatoms. The van der Waals surface area contributed by atoms with Crippen LogP contribution in [0.15, 0.2) is 18.2 Å². The van der Waals surface area contributed by atoms with Crippen LogP contribution in [-0.4, -0.2) is 19.6 Å². The summed E-state index contributed by atoms with van der Waals surface area (Å²) in [6.07, 6.45) is 0. The molecule has 0 spiro atoms. The molecule has 0 fully saturated rings. The number of rotatable bonds is 3. The Kier molecular flexibility index (Phi) is 3.48. The first-order valence-corrected chi connectivity index (χ1v) is 4.32. The van der Waals surface area contributed by atoms with Gasteiger partial charge in [-0.05, 0) is 30.7 Å². The molecule has 0 aliphatic heterocycles. The third kappa shape index (κ3) is 2.47. The van der Waals surface area contributed by atoms with Gasteiger partial charge in [0.1, 0.15) is 5.75 Å². The molecule has 0 unspecified atom stereocenters. The maximum absolute atomic E-state index is 11.0. The largest absolute Gasteiger partial charge is 0.496 e. The van der Waals surface area contributed by atoms with E-state index in [4.69, 9.17) is 10.5 Å². The van der Waals surface area contributed by atoms with Gasteiger partial charge in [0.2, 0.25) is 5.91 Å². The van der Waals surface area contributed by atoms with Gasteiger partial charge in [-0.2, -0.15) is 0 Å². The number of nitrogens with two attached hydrogens (primary N) is 1. The van der Waals surface area contributed by atoms with Crippen molar-refractivity contribution in [1.82, 2.24) is 0 Å². The predicted molar refractivity (Wildman–Crippen MR) is 55.4 cm³/mol. The molecule has 1 aromatic carbocycles. The highest BCUT2D eigenvalue weighted by Gasteiger charge is 2.02. The van der Waals surface area contributed by atoms with Gasteiger partial charge in [0.05, 0.1) is 13.7 Å². The Morgan fingerprint density at radius 3 is 2.79 bits per heavy atom. The second-order valence-electron chi connectivity index (χ2n) is 2.94. The van der Waals surface area contributed by atoms with Crippen LogP contribution in [0.5, 0.6) is 5.75 Å². The van der Waals surface area contributed by atoms with Crippen molar-refractivity contribution in [2.45, 2.75) is 6.92 Å². The second-order valence-corrected chi connectivity index (χ2v) is 2.94. The zero-order valence-electron chi connectivity index (χ0n) is 8.33. The number of benzene rings is 1. The number of ether oxygens (including phenoxy) is 1. The minimum atomic E-state index is -0.199. The number of amides is 1. The number of carbonyl (C=O) groups excluding carboxylic acids is 1. The van der Waals surface area contributed by atoms with E-state index in [1.54, 1.807) is 13.2 Å². The number of methoxy groups -OCH3 is 1. The molecule has 1 amide bonds. The van der Waals surface area contributed by atoms with Crippen molar-refractivity contribution < 1.29 is 9.53 Å². The first kappa shape index (κ1) is 10.5. The lowest BCUT2D eigenvalue weighted by molar-refractivity contribution is -0.114. The fraction of sp³-hybridized carbons (Fsp3) is 0.300. The SMILES string of the molecule is COc1ccc(NC(=O)CN)cc1C. The van der Waals surface area contributed by atoms with Crippen LogP contribution in [0.2, 0.25) is 0 Å². The summed E-state index contributed by atoms with van der Waals surface area (Å²) in [5.41, 5.74) is 6.89. The summed E-state index contributed by atoms with van der Waals surface area (Å²) in [7, 11) is 1.61. The average Bonchev–Trinajstić information content (AvgIpc) is 2.18. The fourth-order valence-electron chi connectivity index (χ4n) is 1.17. The number of hydrogen-bond donors (Lipinski definition) is 2. The highest BCUT2D eigenvalue weighted by molar-refractivity contribution is 5.92. The Morgan fingerprint density at radius 1 is 1.57 bits per heavy atom. The van der Waals surface area contributed by atoms with E-state index >= 15 is 0 Å². The molecule has 0 atom stereocenters. The molecule has 0 aromatic heterocycles. The van der Waals surface area contributed by atoms with E-state index in [2.05, 4.69) is 5.32 Å². The van der Waals surface area contributed by atoms with Gasteiger partial charge in [0.25, 0.3) is 0 Å². The van der Waals surface area contributed by atoms with Crippen LogP contribution in [0.25, 0.3) is 0 Å². The lowest BCUT2D eigenvalue weighted by Crippen LogP contribution is -2.21. The van der Waals surface area contributed by atoms with E-state index in [1.807, 2.05) is 19.1 Å². The summed E-state index contributed by atoms with van der Waals surface area (Å²) in [6.45, 7) is 1.90. The lowest BCUT2D eigenvalue weighted by atomic mass is 10.2. The normalized spacial score (nSPS) is 9.64. The second kappa shape index (κ2) is 4.62. The third-order valence-electron chi connectivity index (χ3n) is 1.86. The lowest BCUT2D eigenvalue weighted by Gasteiger charge is -2.07. The molecule has 0 bridgehead atoms. The van der Waals surface area contributed by atoms with Gasteiger partial charge in [-0.1, -0.05) is 0 Å². The highest BCUT2D eigenvalue weighted by atomic mass is 16.5. The van der Waals surface area contributed by atoms with Crippen LogP contribution in [0.3, 0.4) is 0 Å². The molecule has 1 rings (SSSR count). The van der Waals surface area contributed by atoms with Crippen LogP contribution in [0.4, 0.5) is 5.69 Å². The van der Waals surface area contributed by atoms with Gasteiger partial charge < -0.3 is 15.8 Å². The van der Waals surface area contributed by atoms with E-state index in [0.29, 0.717) is 0 Å². The summed E-state index contributed by atoms with van der Waals surface area (Å²) in [4.78, 5) is 11.0. The summed E-state index contributed by atoms with van der Waals surface area (Å²) >= 11 is 0. The van der Waals surface area contributed by atoms with Crippen molar-refractivity contribution in [3.05, 3.63) is 23.8 Å². The molecule has 14 heavy (non-hydrogen) atoms. The summed E-state index contributed by atoms with van der Waals surface area (Å²) in [5, 5.41) is 2.66. The minimum Gasteiger partial charge on any atom is -0.496 e. The highest BCUT2D eigenvalue weighted by Crippen LogP contribution is 2.21. The Bertz CT molecular complexity index is 337. The van der Waals surface area contributed by atoms with E-state index in [-0.39, 0.29) is 12.5 Å². The molecule has 3 N–H and O–H groups in total. The number of carbonyl (C=O) groups is 1. The van der Waals surface area contributed by atoms with Gasteiger partial charge >= 0.3 is 0 Å². The van der Waals surface area contributed by atoms with Crippen molar-refractivity contribution in [3.8, 4) is 5.75 Å². The predicted octanol–water partition coefficient (Wildman–Crippen LogP) is 0.901. The van der Waals surface area contributed by atoms with Gasteiger partial charge in [-0.25, -0.2) is 0 Å². The molecule has 0 heterocycles. The molecule has 0 saturated heterocycles. The molecule has 1 aromatic rings. The molecule has 0 aliphatic rings. The van der Waals surface area contributed by atoms with Crippen LogP contribution in [-0.2, 0) is 4.79 Å². The Balaban J connectivity index is 2.81. The van der Waals surface area contributed by atoms with E-state index in [0.717, 1.165) is 17.0 Å². The number of anilines is 1. The summed E-state index contributed by atoms with van der Waals surface area (Å²) in [5.74, 6) is 0.602. The van der Waals surface area contributed by atoms with Crippen molar-refractivity contribution in [1.29, 1.82) is 0 Å². The molecule has 0 aliphatic carbocycles. The van der Waals surface area contributed by atoms with E-state index in [9.17, 15) is 4.79 Å². The van der Waals surface area contributed by atoms with Crippen molar-refractivity contribution in [2.24, 2.45) is 5.73 Å². The van der Waals surface area contributed by atoms with Crippen LogP contribution in [0, 0.1) is 6.92 Å². The Labute approximate surface area is 83.1 Å². The molecule has 4 nitrogen and oxygen atoms in total. The fourth-order valence-corrected chi connectivity index (χ4v) is 1.17. The van der Waals surface area contributed by atoms with Crippen molar-refractivity contribution >= 4 is 11.6 Å². The van der Waals surface area contributed by atoms with E-state index < -0.39 is 0 Å². The average molecular weight is 194 g/mol. The van der Waals surface area contributed by atoms with Gasteiger partial charge in [-0.3, -0.25) is 4.79 Å². The summed E-state index contributed by atoms with van der Waals surface area (Å²) < 4.78 is 5.09. The van der Waals surface area contributed by atoms with Crippen molar-refractivity contribution in [3.63, 3.8) is 0 Å². The molecule has 0 saturated carbocycles. The maximum atomic E-state index is 11.0. The molecular weight excluding hydrogens is 180 g/mol. The zero-order chi connectivity index (χ0) is 10.6. The van der Waals surface area contributed by atoms with Gasteiger partial charge in [0, 0.05) is 5.69 Å². The number of aryl methyl sites for hydroxylation is 1. The van der Waals surface area contributed by atoms with E-state index in [1.165, 1.54) is 0 Å².